The van der Waals surface area contributed by atoms with Crippen LogP contribution in [-0.4, -0.2) is 56.2 Å². The first kappa shape index (κ1) is 17.5. The Balaban J connectivity index is 1.97. The molecule has 2 rings (SSSR count). The molecule has 0 unspecified atom stereocenters. The number of amides is 2. The maximum Gasteiger partial charge on any atom is 0.317 e. The number of methoxy groups -OCH3 is 1. The number of nitrogens with zero attached hydrogens (tertiary/aromatic N) is 2. The minimum Gasteiger partial charge on any atom is -0.494 e. The van der Waals surface area contributed by atoms with Crippen LogP contribution in [-0.2, 0) is 0 Å². The van der Waals surface area contributed by atoms with E-state index in [1.807, 2.05) is 25.9 Å². The summed E-state index contributed by atoms with van der Waals surface area (Å²) in [6, 6.07) is 4.79. The third-order valence-corrected chi connectivity index (χ3v) is 4.43. The molecule has 0 saturated carbocycles. The topological polar surface area (TPSA) is 44.8 Å². The largest absolute Gasteiger partial charge is 0.494 e. The first-order valence-corrected chi connectivity index (χ1v) is 7.97. The third-order valence-electron chi connectivity index (χ3n) is 4.43. The minimum absolute atomic E-state index is 0.0970. The summed E-state index contributed by atoms with van der Waals surface area (Å²) in [5.41, 5.74) is 0.720. The van der Waals surface area contributed by atoms with Gasteiger partial charge in [-0.2, -0.15) is 0 Å². The number of nitrogens with one attached hydrogen (secondary N) is 1. The Bertz CT molecular complexity index is 551. The first-order valence-electron chi connectivity index (χ1n) is 7.97. The lowest BCUT2D eigenvalue weighted by atomic mass is 10.1. The van der Waals surface area contributed by atoms with Crippen LogP contribution in [0.2, 0.25) is 0 Å². The number of likely N-dealkylation sites (N-methyl/N-ethyl adjacent to an activating group) is 1. The Kier molecular flexibility index (Phi) is 5.82. The van der Waals surface area contributed by atoms with Crippen LogP contribution in [0.25, 0.3) is 0 Å². The van der Waals surface area contributed by atoms with Crippen LogP contribution in [0.4, 0.5) is 9.18 Å². The number of rotatable bonds is 4. The fourth-order valence-corrected chi connectivity index (χ4v) is 2.87. The Morgan fingerprint density at radius 2 is 2.22 bits per heavy atom. The van der Waals surface area contributed by atoms with Crippen molar-refractivity contribution in [2.75, 3.05) is 34.3 Å². The number of halogens is 1. The van der Waals surface area contributed by atoms with Crippen molar-refractivity contribution in [3.05, 3.63) is 29.6 Å². The van der Waals surface area contributed by atoms with Crippen LogP contribution in [0.15, 0.2) is 18.2 Å². The van der Waals surface area contributed by atoms with Crippen molar-refractivity contribution >= 4 is 6.03 Å². The van der Waals surface area contributed by atoms with Crippen molar-refractivity contribution < 1.29 is 13.9 Å². The zero-order chi connectivity index (χ0) is 17.0. The number of likely N-dealkylation sites (tertiary alicyclic amines) is 1. The van der Waals surface area contributed by atoms with E-state index in [2.05, 4.69) is 10.2 Å². The molecule has 23 heavy (non-hydrogen) atoms. The Hall–Kier alpha value is -1.82. The number of hydrogen-bond acceptors (Lipinski definition) is 3. The number of carbonyl (C=O) groups is 1. The van der Waals surface area contributed by atoms with Crippen LogP contribution in [0.3, 0.4) is 0 Å². The average molecular weight is 323 g/mol. The van der Waals surface area contributed by atoms with E-state index >= 15 is 0 Å². The lowest BCUT2D eigenvalue weighted by Gasteiger charge is -2.36. The van der Waals surface area contributed by atoms with E-state index in [1.54, 1.807) is 12.1 Å². The van der Waals surface area contributed by atoms with Crippen molar-refractivity contribution in [2.45, 2.75) is 31.8 Å². The molecule has 6 heteroatoms. The fourth-order valence-electron chi connectivity index (χ4n) is 2.87. The zero-order valence-corrected chi connectivity index (χ0v) is 14.3. The zero-order valence-electron chi connectivity index (χ0n) is 14.3. The predicted molar refractivity (Wildman–Crippen MR) is 88.2 cm³/mol. The molecule has 0 radical (unpaired) electrons. The molecule has 0 spiro atoms. The summed E-state index contributed by atoms with van der Waals surface area (Å²) in [7, 11) is 5.50. The molecule has 2 amide bonds. The molecule has 1 aromatic carbocycles. The summed E-state index contributed by atoms with van der Waals surface area (Å²) in [5.74, 6) is -0.214. The van der Waals surface area contributed by atoms with E-state index in [9.17, 15) is 9.18 Å². The number of hydrogen-bond donors (Lipinski definition) is 1. The molecule has 1 aliphatic rings. The second kappa shape index (κ2) is 7.64. The molecule has 1 fully saturated rings. The van der Waals surface area contributed by atoms with E-state index in [0.29, 0.717) is 6.04 Å². The first-order chi connectivity index (χ1) is 10.9. The summed E-state index contributed by atoms with van der Waals surface area (Å²) in [6.07, 6.45) is 2.11. The average Bonchev–Trinajstić information content (AvgIpc) is 2.54. The van der Waals surface area contributed by atoms with Crippen molar-refractivity contribution in [3.8, 4) is 5.75 Å². The third kappa shape index (κ3) is 4.34. The molecule has 0 aromatic heterocycles. The fraction of sp³-hybridized carbons (Fsp3) is 0.588. The molecule has 1 N–H and O–H groups in total. The Morgan fingerprint density at radius 1 is 1.48 bits per heavy atom. The predicted octanol–water partition coefficient (Wildman–Crippen LogP) is 2.63. The quantitative estimate of drug-likeness (QED) is 0.926. The summed E-state index contributed by atoms with van der Waals surface area (Å²) in [6.45, 7) is 3.34. The number of ether oxygens (including phenoxy) is 1. The molecule has 1 aromatic rings. The smallest absolute Gasteiger partial charge is 0.317 e. The van der Waals surface area contributed by atoms with E-state index < -0.39 is 5.82 Å². The second-order valence-corrected chi connectivity index (χ2v) is 6.27. The maximum absolute atomic E-state index is 13.8. The lowest BCUT2D eigenvalue weighted by molar-refractivity contribution is 0.138. The van der Waals surface area contributed by atoms with Gasteiger partial charge in [-0.1, -0.05) is 6.07 Å². The maximum atomic E-state index is 13.8. The van der Waals surface area contributed by atoms with Crippen LogP contribution in [0.1, 0.15) is 31.4 Å². The highest BCUT2D eigenvalue weighted by atomic mass is 19.1. The van der Waals surface area contributed by atoms with Gasteiger partial charge in [-0.25, -0.2) is 9.18 Å². The van der Waals surface area contributed by atoms with Gasteiger partial charge in [-0.3, -0.25) is 0 Å². The summed E-state index contributed by atoms with van der Waals surface area (Å²) < 4.78 is 18.7. The van der Waals surface area contributed by atoms with Crippen molar-refractivity contribution in [1.29, 1.82) is 0 Å². The van der Waals surface area contributed by atoms with Crippen LogP contribution in [0, 0.1) is 5.82 Å². The van der Waals surface area contributed by atoms with Crippen molar-refractivity contribution in [1.82, 2.24) is 15.1 Å². The highest BCUT2D eigenvalue weighted by molar-refractivity contribution is 5.74. The number of urea groups is 1. The number of carbonyl (C=O) groups excluding carboxylic acids is 1. The summed E-state index contributed by atoms with van der Waals surface area (Å²) in [5, 5.41) is 2.95. The molecule has 1 aliphatic heterocycles. The molecule has 0 bridgehead atoms. The van der Waals surface area contributed by atoms with E-state index in [-0.39, 0.29) is 17.8 Å². The normalized spacial score (nSPS) is 19.6. The molecule has 5 nitrogen and oxygen atoms in total. The summed E-state index contributed by atoms with van der Waals surface area (Å²) in [4.78, 5) is 16.4. The molecule has 128 valence electrons. The van der Waals surface area contributed by atoms with E-state index in [0.717, 1.165) is 31.5 Å². The van der Waals surface area contributed by atoms with E-state index in [4.69, 9.17) is 4.74 Å². The Labute approximate surface area is 137 Å². The minimum atomic E-state index is -0.420. The van der Waals surface area contributed by atoms with Gasteiger partial charge in [-0.15, -0.1) is 0 Å². The van der Waals surface area contributed by atoms with Crippen molar-refractivity contribution in [3.63, 3.8) is 0 Å². The van der Waals surface area contributed by atoms with Gasteiger partial charge in [0.1, 0.15) is 0 Å². The van der Waals surface area contributed by atoms with Gasteiger partial charge in [0.15, 0.2) is 11.6 Å². The van der Waals surface area contributed by atoms with Crippen LogP contribution in [0.5, 0.6) is 5.75 Å². The van der Waals surface area contributed by atoms with Crippen LogP contribution >= 0.6 is 0 Å². The second-order valence-electron chi connectivity index (χ2n) is 6.27. The van der Waals surface area contributed by atoms with Crippen LogP contribution < -0.4 is 10.1 Å². The molecule has 2 atom stereocenters. The molecule has 1 heterocycles. The SMILES string of the molecule is COc1ccc([C@@H](C)NC(=O)N2CCC[C@H](N(C)C)C2)cc1F. The van der Waals surface area contributed by atoms with Crippen molar-refractivity contribution in [2.24, 2.45) is 0 Å². The van der Waals surface area contributed by atoms with Gasteiger partial charge in [0.05, 0.1) is 13.2 Å². The number of benzene rings is 1. The standard InChI is InChI=1S/C17H26FN3O2/c1-12(13-7-8-16(23-4)15(18)10-13)19-17(22)21-9-5-6-14(11-21)20(2)3/h7-8,10,12,14H,5-6,9,11H2,1-4H3,(H,19,22)/t12-,14+/m1/s1. The lowest BCUT2D eigenvalue weighted by Crippen LogP contribution is -2.51. The van der Waals surface area contributed by atoms with E-state index in [1.165, 1.54) is 13.2 Å². The van der Waals surface area contributed by atoms with Gasteiger partial charge in [0.25, 0.3) is 0 Å². The molecule has 1 saturated heterocycles. The van der Waals surface area contributed by atoms with Gasteiger partial charge in [0, 0.05) is 19.1 Å². The number of piperidine rings is 1. The summed E-state index contributed by atoms with van der Waals surface area (Å²) >= 11 is 0. The highest BCUT2D eigenvalue weighted by Crippen LogP contribution is 2.22. The Morgan fingerprint density at radius 3 is 2.83 bits per heavy atom. The highest BCUT2D eigenvalue weighted by Gasteiger charge is 2.25. The van der Waals surface area contributed by atoms with Gasteiger partial charge >= 0.3 is 6.03 Å². The van der Waals surface area contributed by atoms with Gasteiger partial charge in [-0.05, 0) is 51.6 Å². The molecule has 0 aliphatic carbocycles. The molecular weight excluding hydrogens is 297 g/mol. The van der Waals surface area contributed by atoms with Gasteiger partial charge < -0.3 is 19.9 Å². The monoisotopic (exact) mass is 323 g/mol. The van der Waals surface area contributed by atoms with Gasteiger partial charge in [0.2, 0.25) is 0 Å². The molecular formula is C17H26FN3O2.